The van der Waals surface area contributed by atoms with E-state index in [2.05, 4.69) is 20.4 Å². The van der Waals surface area contributed by atoms with Crippen LogP contribution in [0.5, 0.6) is 5.75 Å². The summed E-state index contributed by atoms with van der Waals surface area (Å²) >= 11 is 0. The Bertz CT molecular complexity index is 878. The molecule has 1 saturated carbocycles. The molecule has 2 aromatic rings. The van der Waals surface area contributed by atoms with E-state index in [1.807, 2.05) is 13.8 Å². The van der Waals surface area contributed by atoms with Gasteiger partial charge in [-0.2, -0.15) is 0 Å². The van der Waals surface area contributed by atoms with Gasteiger partial charge in [0, 0.05) is 24.5 Å². The molecule has 1 aliphatic rings. The van der Waals surface area contributed by atoms with Crippen LogP contribution in [0.1, 0.15) is 61.4 Å². The predicted octanol–water partition coefficient (Wildman–Crippen LogP) is 5.77. The Morgan fingerprint density at radius 1 is 1.23 bits per heavy atom. The van der Waals surface area contributed by atoms with Crippen molar-refractivity contribution in [3.8, 4) is 5.75 Å². The Labute approximate surface area is 174 Å². The Morgan fingerprint density at radius 3 is 2.63 bits per heavy atom. The van der Waals surface area contributed by atoms with E-state index in [-0.39, 0.29) is 17.6 Å². The zero-order valence-electron chi connectivity index (χ0n) is 17.1. The van der Waals surface area contributed by atoms with Crippen LogP contribution in [-0.4, -0.2) is 23.8 Å². The van der Waals surface area contributed by atoms with E-state index in [1.54, 1.807) is 12.1 Å². The number of hydrogen-bond acceptors (Lipinski definition) is 4. The molecule has 3 rings (SSSR count). The first kappa shape index (κ1) is 21.9. The Hall–Kier alpha value is -2.77. The first-order chi connectivity index (χ1) is 14.2. The third-order valence-corrected chi connectivity index (χ3v) is 5.17. The number of carbonyl (C=O) groups excluding carboxylic acids is 1. The third-order valence-electron chi connectivity index (χ3n) is 5.17. The standard InChI is InChI=1S/C22H26F3N3O2/c1-14(2)18-11-20(28-16-8-5-9-17(10-16)30-22(23,24)25)26-13-19(18)21(29)27-12-15-6-3-4-7-15/h5,8-11,13-15H,3-4,6-7,12H2,1-2H3,(H,26,28)(H,27,29). The molecule has 0 aliphatic heterocycles. The normalized spacial score (nSPS) is 14.7. The molecule has 0 unspecified atom stereocenters. The van der Waals surface area contributed by atoms with Crippen LogP contribution in [0, 0.1) is 5.92 Å². The van der Waals surface area contributed by atoms with Gasteiger partial charge in [0.15, 0.2) is 0 Å². The number of anilines is 2. The number of hydrogen-bond donors (Lipinski definition) is 2. The smallest absolute Gasteiger partial charge is 0.406 e. The molecule has 2 N–H and O–H groups in total. The highest BCUT2D eigenvalue weighted by Crippen LogP contribution is 2.28. The zero-order chi connectivity index (χ0) is 21.7. The van der Waals surface area contributed by atoms with Crippen LogP contribution in [0.25, 0.3) is 0 Å². The average Bonchev–Trinajstić information content (AvgIpc) is 3.18. The summed E-state index contributed by atoms with van der Waals surface area (Å²) in [6, 6.07) is 7.29. The van der Waals surface area contributed by atoms with Crippen LogP contribution >= 0.6 is 0 Å². The van der Waals surface area contributed by atoms with Crippen LogP contribution in [0.2, 0.25) is 0 Å². The highest BCUT2D eigenvalue weighted by molar-refractivity contribution is 5.95. The van der Waals surface area contributed by atoms with E-state index in [0.717, 1.165) is 18.4 Å². The van der Waals surface area contributed by atoms with Gasteiger partial charge in [0.2, 0.25) is 0 Å². The molecule has 8 heteroatoms. The first-order valence-corrected chi connectivity index (χ1v) is 10.1. The van der Waals surface area contributed by atoms with Gasteiger partial charge in [-0.25, -0.2) is 4.98 Å². The number of amides is 1. The van der Waals surface area contributed by atoms with Crippen molar-refractivity contribution in [3.05, 3.63) is 47.7 Å². The minimum atomic E-state index is -4.75. The summed E-state index contributed by atoms with van der Waals surface area (Å²) in [6.45, 7) is 4.62. The van der Waals surface area contributed by atoms with Crippen LogP contribution in [0.3, 0.4) is 0 Å². The number of halogens is 3. The summed E-state index contributed by atoms with van der Waals surface area (Å²) in [5.41, 5.74) is 1.74. The van der Waals surface area contributed by atoms with Crippen molar-refractivity contribution in [3.63, 3.8) is 0 Å². The molecule has 0 saturated heterocycles. The fraction of sp³-hybridized carbons (Fsp3) is 0.455. The Balaban J connectivity index is 1.73. The van der Waals surface area contributed by atoms with Crippen molar-refractivity contribution in [1.82, 2.24) is 10.3 Å². The fourth-order valence-electron chi connectivity index (χ4n) is 3.67. The maximum atomic E-state index is 12.7. The van der Waals surface area contributed by atoms with Gasteiger partial charge in [-0.05, 0) is 48.4 Å². The van der Waals surface area contributed by atoms with Crippen molar-refractivity contribution in [2.75, 3.05) is 11.9 Å². The largest absolute Gasteiger partial charge is 0.573 e. The molecular weight excluding hydrogens is 395 g/mol. The minimum Gasteiger partial charge on any atom is -0.406 e. The number of nitrogens with one attached hydrogen (secondary N) is 2. The van der Waals surface area contributed by atoms with Gasteiger partial charge in [-0.3, -0.25) is 4.79 Å². The molecule has 5 nitrogen and oxygen atoms in total. The van der Waals surface area contributed by atoms with Gasteiger partial charge in [0.05, 0.1) is 5.56 Å². The Kier molecular flexibility index (Phi) is 6.84. The van der Waals surface area contributed by atoms with Crippen LogP contribution in [-0.2, 0) is 0 Å². The lowest BCUT2D eigenvalue weighted by Crippen LogP contribution is -2.29. The molecule has 1 heterocycles. The first-order valence-electron chi connectivity index (χ1n) is 10.1. The van der Waals surface area contributed by atoms with Crippen LogP contribution in [0.4, 0.5) is 24.7 Å². The average molecular weight is 421 g/mol. The summed E-state index contributed by atoms with van der Waals surface area (Å²) in [5, 5.41) is 5.99. The number of rotatable bonds is 7. The van der Waals surface area contributed by atoms with Crippen molar-refractivity contribution < 1.29 is 22.7 Å². The van der Waals surface area contributed by atoms with Gasteiger partial charge in [0.1, 0.15) is 11.6 Å². The molecule has 1 amide bonds. The van der Waals surface area contributed by atoms with E-state index in [9.17, 15) is 18.0 Å². The summed E-state index contributed by atoms with van der Waals surface area (Å²) in [6.07, 6.45) is 1.49. The van der Waals surface area contributed by atoms with E-state index in [1.165, 1.54) is 37.2 Å². The lowest BCUT2D eigenvalue weighted by molar-refractivity contribution is -0.274. The van der Waals surface area contributed by atoms with E-state index in [4.69, 9.17) is 0 Å². The van der Waals surface area contributed by atoms with Crippen LogP contribution < -0.4 is 15.4 Å². The molecule has 0 atom stereocenters. The molecule has 1 aromatic heterocycles. The number of ether oxygens (including phenoxy) is 1. The van der Waals surface area contributed by atoms with E-state index >= 15 is 0 Å². The summed E-state index contributed by atoms with van der Waals surface area (Å²) in [4.78, 5) is 17.0. The number of aromatic nitrogens is 1. The molecule has 1 aromatic carbocycles. The second kappa shape index (κ2) is 9.36. The predicted molar refractivity (Wildman–Crippen MR) is 109 cm³/mol. The third kappa shape index (κ3) is 6.11. The highest BCUT2D eigenvalue weighted by Gasteiger charge is 2.31. The molecule has 0 radical (unpaired) electrons. The SMILES string of the molecule is CC(C)c1cc(Nc2cccc(OC(F)(F)F)c2)ncc1C(=O)NCC1CCCC1. The molecule has 1 fully saturated rings. The van der Waals surface area contributed by atoms with Crippen molar-refractivity contribution in [1.29, 1.82) is 0 Å². The van der Waals surface area contributed by atoms with Gasteiger partial charge in [-0.1, -0.05) is 32.8 Å². The molecule has 0 bridgehead atoms. The molecule has 162 valence electrons. The summed E-state index contributed by atoms with van der Waals surface area (Å²) in [5.74, 6) is 0.581. The number of nitrogens with zero attached hydrogens (tertiary/aromatic N) is 1. The summed E-state index contributed by atoms with van der Waals surface area (Å²) in [7, 11) is 0. The van der Waals surface area contributed by atoms with Gasteiger partial charge >= 0.3 is 6.36 Å². The zero-order valence-corrected chi connectivity index (χ0v) is 17.1. The number of pyridine rings is 1. The second-order valence-corrected chi connectivity index (χ2v) is 7.87. The van der Waals surface area contributed by atoms with Crippen LogP contribution in [0.15, 0.2) is 36.5 Å². The van der Waals surface area contributed by atoms with Gasteiger partial charge in [-0.15, -0.1) is 13.2 Å². The van der Waals surface area contributed by atoms with E-state index in [0.29, 0.717) is 29.5 Å². The lowest BCUT2D eigenvalue weighted by Gasteiger charge is -2.16. The fourth-order valence-corrected chi connectivity index (χ4v) is 3.67. The molecule has 30 heavy (non-hydrogen) atoms. The van der Waals surface area contributed by atoms with Crippen molar-refractivity contribution in [2.24, 2.45) is 5.92 Å². The van der Waals surface area contributed by atoms with Crippen molar-refractivity contribution >= 4 is 17.4 Å². The quantitative estimate of drug-likeness (QED) is 0.596. The summed E-state index contributed by atoms with van der Waals surface area (Å²) < 4.78 is 41.2. The van der Waals surface area contributed by atoms with Gasteiger partial charge < -0.3 is 15.4 Å². The minimum absolute atomic E-state index is 0.0701. The van der Waals surface area contributed by atoms with E-state index < -0.39 is 6.36 Å². The Morgan fingerprint density at radius 2 is 1.97 bits per heavy atom. The second-order valence-electron chi connectivity index (χ2n) is 7.87. The number of benzene rings is 1. The number of alkyl halides is 3. The monoisotopic (exact) mass is 421 g/mol. The maximum Gasteiger partial charge on any atom is 0.573 e. The lowest BCUT2D eigenvalue weighted by atomic mass is 9.98. The molecular formula is C22H26F3N3O2. The van der Waals surface area contributed by atoms with Crippen molar-refractivity contribution in [2.45, 2.75) is 51.8 Å². The maximum absolute atomic E-state index is 12.7. The van der Waals surface area contributed by atoms with Gasteiger partial charge in [0.25, 0.3) is 5.91 Å². The molecule has 1 aliphatic carbocycles. The molecule has 0 spiro atoms. The highest BCUT2D eigenvalue weighted by atomic mass is 19.4. The number of carbonyl (C=O) groups is 1. The topological polar surface area (TPSA) is 63.2 Å².